The van der Waals surface area contributed by atoms with E-state index in [1.807, 2.05) is 32.9 Å². The van der Waals surface area contributed by atoms with E-state index in [0.717, 1.165) is 22.9 Å². The van der Waals surface area contributed by atoms with Gasteiger partial charge in [0.05, 0.1) is 5.71 Å². The Hall–Kier alpha value is -1.90. The van der Waals surface area contributed by atoms with Crippen LogP contribution < -0.4 is 0 Å². The Morgan fingerprint density at radius 3 is 2.71 bits per heavy atom. The van der Waals surface area contributed by atoms with Gasteiger partial charge in [-0.05, 0) is 45.1 Å². The molecule has 24 heavy (non-hydrogen) atoms. The van der Waals surface area contributed by atoms with Gasteiger partial charge in [0.1, 0.15) is 12.3 Å². The highest BCUT2D eigenvalue weighted by Gasteiger charge is 2.17. The molecule has 0 amide bonds. The summed E-state index contributed by atoms with van der Waals surface area (Å²) in [6, 6.07) is 0. The van der Waals surface area contributed by atoms with Crippen LogP contribution in [-0.2, 0) is 4.74 Å². The molecule has 3 nitrogen and oxygen atoms in total. The maximum Gasteiger partial charge on any atom is 0.235 e. The number of hydrogen-bond donors (Lipinski definition) is 0. The molecule has 0 aromatic rings. The van der Waals surface area contributed by atoms with Crippen LogP contribution in [0.1, 0.15) is 52.9 Å². The number of nitrogens with zero attached hydrogens (tertiary/aromatic N) is 2. The zero-order chi connectivity index (χ0) is 17.2. The van der Waals surface area contributed by atoms with Gasteiger partial charge in [-0.15, -0.1) is 0 Å². The summed E-state index contributed by atoms with van der Waals surface area (Å²) in [5, 5.41) is 0. The Labute approximate surface area is 146 Å². The summed E-state index contributed by atoms with van der Waals surface area (Å²) in [6.45, 7) is 7.19. The zero-order valence-corrected chi connectivity index (χ0v) is 15.3. The van der Waals surface area contributed by atoms with Crippen molar-refractivity contribution in [2.24, 2.45) is 15.9 Å². The molecule has 0 atom stereocenters. The zero-order valence-electron chi connectivity index (χ0n) is 15.3. The van der Waals surface area contributed by atoms with Crippen molar-refractivity contribution in [1.29, 1.82) is 0 Å². The molecular formula is C21H30N2O. The van der Waals surface area contributed by atoms with Gasteiger partial charge in [0, 0.05) is 6.54 Å². The van der Waals surface area contributed by atoms with E-state index >= 15 is 0 Å². The second-order valence-corrected chi connectivity index (χ2v) is 6.21. The summed E-state index contributed by atoms with van der Waals surface area (Å²) in [5.41, 5.74) is 2.90. The van der Waals surface area contributed by atoms with E-state index in [0.29, 0.717) is 19.0 Å². The Bertz CT molecular complexity index is 585. The summed E-state index contributed by atoms with van der Waals surface area (Å²) in [5.74, 6) is 1.39. The molecule has 1 aliphatic carbocycles. The predicted octanol–water partition coefficient (Wildman–Crippen LogP) is 5.42. The first-order valence-corrected chi connectivity index (χ1v) is 9.21. The van der Waals surface area contributed by atoms with Crippen molar-refractivity contribution >= 4 is 11.6 Å². The second-order valence-electron chi connectivity index (χ2n) is 6.21. The summed E-state index contributed by atoms with van der Waals surface area (Å²) in [6.07, 6.45) is 19.6. The maximum atomic E-state index is 5.81. The fourth-order valence-electron chi connectivity index (χ4n) is 3.11. The van der Waals surface area contributed by atoms with Crippen LogP contribution in [0.4, 0.5) is 0 Å². The topological polar surface area (TPSA) is 34.0 Å². The van der Waals surface area contributed by atoms with Crippen molar-refractivity contribution in [2.75, 3.05) is 13.2 Å². The Morgan fingerprint density at radius 1 is 1.25 bits per heavy atom. The molecule has 0 bridgehead atoms. The minimum atomic E-state index is 0.476. The van der Waals surface area contributed by atoms with Crippen molar-refractivity contribution in [3.8, 4) is 0 Å². The molecule has 0 spiro atoms. The molecule has 0 unspecified atom stereocenters. The first-order chi connectivity index (χ1) is 11.8. The summed E-state index contributed by atoms with van der Waals surface area (Å²) in [4.78, 5) is 9.12. The van der Waals surface area contributed by atoms with E-state index in [1.165, 1.54) is 32.1 Å². The van der Waals surface area contributed by atoms with Crippen molar-refractivity contribution < 1.29 is 4.74 Å². The van der Waals surface area contributed by atoms with Crippen molar-refractivity contribution in [3.63, 3.8) is 0 Å². The van der Waals surface area contributed by atoms with Crippen molar-refractivity contribution in [2.45, 2.75) is 52.9 Å². The standard InChI is InChI=1S/C21H30N2O/c1-4-11-18(15-10-14-17-12-8-7-9-13-17)20-16-24-21(22-6-3)19(5-2)23-20/h4-5,10-11,14-15,17H,6-9,12-13,16H2,1-3H3/b11-4-,14-10+,18-15+,19-5+,22-21+. The van der Waals surface area contributed by atoms with Gasteiger partial charge in [-0.1, -0.05) is 55.7 Å². The normalized spacial score (nSPS) is 24.1. The number of hydrogen-bond acceptors (Lipinski definition) is 3. The molecule has 1 aliphatic heterocycles. The van der Waals surface area contributed by atoms with Gasteiger partial charge in [-0.25, -0.2) is 4.99 Å². The van der Waals surface area contributed by atoms with Gasteiger partial charge in [0.2, 0.25) is 5.90 Å². The lowest BCUT2D eigenvalue weighted by Gasteiger charge is -2.19. The van der Waals surface area contributed by atoms with Crippen molar-refractivity contribution in [1.82, 2.24) is 0 Å². The average Bonchev–Trinajstić information content (AvgIpc) is 2.62. The lowest BCUT2D eigenvalue weighted by Crippen LogP contribution is -2.23. The third kappa shape index (κ3) is 5.33. The molecule has 0 aromatic heterocycles. The highest BCUT2D eigenvalue weighted by Crippen LogP contribution is 2.24. The summed E-state index contributed by atoms with van der Waals surface area (Å²) in [7, 11) is 0. The summed E-state index contributed by atoms with van der Waals surface area (Å²) < 4.78 is 5.81. The fraction of sp³-hybridized carbons (Fsp3) is 0.524. The van der Waals surface area contributed by atoms with Crippen LogP contribution in [0.5, 0.6) is 0 Å². The molecule has 1 fully saturated rings. The van der Waals surface area contributed by atoms with E-state index in [9.17, 15) is 0 Å². The molecule has 1 saturated carbocycles. The van der Waals surface area contributed by atoms with Crippen LogP contribution in [0.2, 0.25) is 0 Å². The van der Waals surface area contributed by atoms with E-state index in [1.54, 1.807) is 0 Å². The molecule has 2 aliphatic rings. The number of ether oxygens (including phenoxy) is 1. The van der Waals surface area contributed by atoms with Crippen LogP contribution in [-0.4, -0.2) is 24.8 Å². The minimum absolute atomic E-state index is 0.476. The number of rotatable bonds is 5. The molecule has 1 heterocycles. The van der Waals surface area contributed by atoms with Gasteiger partial charge in [0.15, 0.2) is 0 Å². The smallest absolute Gasteiger partial charge is 0.235 e. The molecular weight excluding hydrogens is 296 g/mol. The van der Waals surface area contributed by atoms with Crippen LogP contribution in [0.25, 0.3) is 0 Å². The third-order valence-corrected chi connectivity index (χ3v) is 4.38. The van der Waals surface area contributed by atoms with Crippen LogP contribution >= 0.6 is 0 Å². The van der Waals surface area contributed by atoms with E-state index < -0.39 is 0 Å². The number of aliphatic imine (C=N–C) groups is 2. The predicted molar refractivity (Wildman–Crippen MR) is 104 cm³/mol. The molecule has 0 aromatic carbocycles. The second kappa shape index (κ2) is 10.1. The quantitative estimate of drug-likeness (QED) is 0.621. The molecule has 0 N–H and O–H groups in total. The Balaban J connectivity index is 2.16. The SMILES string of the molecule is C\C=C/C(=C\C=C\C1CCCCC1)C1=NC(=C/C)/C(=N\CC)OC1. The van der Waals surface area contributed by atoms with Crippen LogP contribution in [0.3, 0.4) is 0 Å². The highest BCUT2D eigenvalue weighted by atomic mass is 16.5. The average molecular weight is 326 g/mol. The van der Waals surface area contributed by atoms with Gasteiger partial charge in [-0.3, -0.25) is 4.99 Å². The third-order valence-electron chi connectivity index (χ3n) is 4.38. The molecule has 130 valence electrons. The number of allylic oxidation sites excluding steroid dienone is 6. The molecule has 2 rings (SSSR count). The lowest BCUT2D eigenvalue weighted by molar-refractivity contribution is 0.356. The first kappa shape index (κ1) is 18.4. The van der Waals surface area contributed by atoms with Crippen molar-refractivity contribution in [3.05, 3.63) is 47.7 Å². The van der Waals surface area contributed by atoms with Crippen LogP contribution in [0, 0.1) is 5.92 Å². The molecule has 3 heteroatoms. The highest BCUT2D eigenvalue weighted by molar-refractivity contribution is 6.10. The van der Waals surface area contributed by atoms with Gasteiger partial charge < -0.3 is 4.74 Å². The van der Waals surface area contributed by atoms with Gasteiger partial charge >= 0.3 is 0 Å². The van der Waals surface area contributed by atoms with E-state index in [-0.39, 0.29) is 0 Å². The molecule has 0 saturated heterocycles. The Morgan fingerprint density at radius 2 is 2.04 bits per heavy atom. The molecule has 0 radical (unpaired) electrons. The van der Waals surface area contributed by atoms with Gasteiger partial charge in [0.25, 0.3) is 0 Å². The minimum Gasteiger partial charge on any atom is -0.470 e. The monoisotopic (exact) mass is 326 g/mol. The lowest BCUT2D eigenvalue weighted by atomic mass is 9.89. The fourth-order valence-corrected chi connectivity index (χ4v) is 3.11. The first-order valence-electron chi connectivity index (χ1n) is 9.21. The largest absolute Gasteiger partial charge is 0.470 e. The maximum absolute atomic E-state index is 5.81. The van der Waals surface area contributed by atoms with Crippen LogP contribution in [0.15, 0.2) is 57.7 Å². The Kier molecular flexibility index (Phi) is 7.73. The van der Waals surface area contributed by atoms with E-state index in [2.05, 4.69) is 29.3 Å². The van der Waals surface area contributed by atoms with E-state index in [4.69, 9.17) is 9.73 Å². The summed E-state index contributed by atoms with van der Waals surface area (Å²) >= 11 is 0. The van der Waals surface area contributed by atoms with Gasteiger partial charge in [-0.2, -0.15) is 0 Å².